The molecule has 0 heterocycles. The Balaban J connectivity index is 2.72. The SMILES string of the molecule is Cc1cccc(C)c1NC(Nc1c(C)cccc1C)=[N+](OS(=O)(=O)[O-])C(C)(C)C. The van der Waals surface area contributed by atoms with Crippen LogP contribution in [0.25, 0.3) is 0 Å². The Morgan fingerprint density at radius 2 is 1.21 bits per heavy atom. The number of hydrogen-bond acceptors (Lipinski definition) is 4. The Hall–Kier alpha value is -2.58. The van der Waals surface area contributed by atoms with Gasteiger partial charge < -0.3 is 4.55 Å². The van der Waals surface area contributed by atoms with Crippen molar-refractivity contribution in [3.05, 3.63) is 58.7 Å². The second-order valence-electron chi connectivity index (χ2n) is 8.08. The van der Waals surface area contributed by atoms with E-state index in [0.29, 0.717) is 0 Å². The molecule has 0 aliphatic heterocycles. The van der Waals surface area contributed by atoms with Crippen molar-refractivity contribution < 1.29 is 22.0 Å². The van der Waals surface area contributed by atoms with E-state index < -0.39 is 15.9 Å². The number of nitrogens with one attached hydrogen (secondary N) is 2. The van der Waals surface area contributed by atoms with E-state index in [1.165, 1.54) is 0 Å². The number of hydrogen-bond donors (Lipinski definition) is 2. The zero-order valence-corrected chi connectivity index (χ0v) is 18.8. The van der Waals surface area contributed by atoms with Crippen LogP contribution in [0.5, 0.6) is 0 Å². The Labute approximate surface area is 173 Å². The molecule has 0 radical (unpaired) electrons. The molecule has 0 bridgehead atoms. The van der Waals surface area contributed by atoms with Crippen LogP contribution >= 0.6 is 0 Å². The molecule has 0 aliphatic carbocycles. The quantitative estimate of drug-likeness (QED) is 0.194. The summed E-state index contributed by atoms with van der Waals surface area (Å²) in [7, 11) is -5.00. The number of anilines is 2. The minimum absolute atomic E-state index is 0.228. The van der Waals surface area contributed by atoms with E-state index in [2.05, 4.69) is 10.6 Å². The van der Waals surface area contributed by atoms with Crippen molar-refractivity contribution in [2.45, 2.75) is 54.0 Å². The average molecular weight is 420 g/mol. The summed E-state index contributed by atoms with van der Waals surface area (Å²) >= 11 is 0. The highest BCUT2D eigenvalue weighted by molar-refractivity contribution is 7.80. The molecule has 0 atom stereocenters. The molecule has 2 aromatic carbocycles. The first-order valence-electron chi connectivity index (χ1n) is 9.28. The molecule has 0 aromatic heterocycles. The molecule has 0 aliphatic rings. The van der Waals surface area contributed by atoms with Crippen LogP contribution < -0.4 is 10.6 Å². The topological polar surface area (TPSA) is 93.5 Å². The molecule has 0 fully saturated rings. The third kappa shape index (κ3) is 5.95. The Morgan fingerprint density at radius 1 is 0.862 bits per heavy atom. The van der Waals surface area contributed by atoms with E-state index >= 15 is 0 Å². The number of nitrogens with zero attached hydrogens (tertiary/aromatic N) is 1. The second-order valence-corrected chi connectivity index (χ2v) is 9.05. The number of rotatable bonds is 4. The largest absolute Gasteiger partial charge is 0.713 e. The number of guanidine groups is 1. The van der Waals surface area contributed by atoms with E-state index in [-0.39, 0.29) is 5.96 Å². The van der Waals surface area contributed by atoms with Gasteiger partial charge in [-0.25, -0.2) is 14.9 Å². The van der Waals surface area contributed by atoms with Crippen molar-refractivity contribution in [1.82, 2.24) is 0 Å². The highest BCUT2D eigenvalue weighted by Gasteiger charge is 2.31. The molecular weight excluding hydrogens is 390 g/mol. The lowest BCUT2D eigenvalue weighted by molar-refractivity contribution is -0.793. The number of para-hydroxylation sites is 2. The Kier molecular flexibility index (Phi) is 6.60. The van der Waals surface area contributed by atoms with Crippen molar-refractivity contribution >= 4 is 27.7 Å². The fourth-order valence-electron chi connectivity index (χ4n) is 2.97. The molecule has 8 heteroatoms. The zero-order valence-electron chi connectivity index (χ0n) is 18.0. The molecule has 29 heavy (non-hydrogen) atoms. The molecule has 2 N–H and O–H groups in total. The fraction of sp³-hybridized carbons (Fsp3) is 0.381. The van der Waals surface area contributed by atoms with E-state index in [9.17, 15) is 13.0 Å². The van der Waals surface area contributed by atoms with Crippen LogP contribution in [0.2, 0.25) is 0 Å². The maximum absolute atomic E-state index is 11.5. The summed E-state index contributed by atoms with van der Waals surface area (Å²) in [6.45, 7) is 13.0. The number of benzene rings is 2. The Bertz CT molecular complexity index is 942. The van der Waals surface area contributed by atoms with Gasteiger partial charge in [0.05, 0.1) is 0 Å². The molecule has 158 valence electrons. The summed E-state index contributed by atoms with van der Waals surface area (Å²) in [5.41, 5.74) is 4.59. The van der Waals surface area contributed by atoms with Crippen molar-refractivity contribution in [2.75, 3.05) is 10.6 Å². The van der Waals surface area contributed by atoms with Crippen molar-refractivity contribution in [3.8, 4) is 0 Å². The van der Waals surface area contributed by atoms with Crippen LogP contribution in [-0.2, 0) is 14.7 Å². The number of hydroxylamine groups is 1. The molecule has 0 amide bonds. The molecule has 2 rings (SSSR count). The van der Waals surface area contributed by atoms with Crippen LogP contribution in [0.1, 0.15) is 43.0 Å². The maximum atomic E-state index is 11.5. The molecule has 0 saturated carbocycles. The monoisotopic (exact) mass is 419 g/mol. The van der Waals surface area contributed by atoms with E-state index in [0.717, 1.165) is 38.4 Å². The molecular formula is C21H29N3O4S. The highest BCUT2D eigenvalue weighted by Crippen LogP contribution is 2.24. The summed E-state index contributed by atoms with van der Waals surface area (Å²) in [5.74, 6) is 0.228. The highest BCUT2D eigenvalue weighted by atomic mass is 32.3. The normalized spacial score (nSPS) is 11.7. The zero-order chi connectivity index (χ0) is 22.0. The molecule has 0 unspecified atom stereocenters. The van der Waals surface area contributed by atoms with Gasteiger partial charge in [-0.1, -0.05) is 41.1 Å². The minimum atomic E-state index is -5.00. The van der Waals surface area contributed by atoms with Gasteiger partial charge in [-0.15, -0.1) is 0 Å². The van der Waals surface area contributed by atoms with Gasteiger partial charge >= 0.3 is 5.96 Å². The molecule has 0 saturated heterocycles. The van der Waals surface area contributed by atoms with Crippen LogP contribution in [-0.4, -0.2) is 29.2 Å². The van der Waals surface area contributed by atoms with Gasteiger partial charge in [0.25, 0.3) is 10.4 Å². The van der Waals surface area contributed by atoms with Crippen molar-refractivity contribution in [3.63, 3.8) is 0 Å². The van der Waals surface area contributed by atoms with Gasteiger partial charge in [-0.3, -0.25) is 0 Å². The predicted molar refractivity (Wildman–Crippen MR) is 115 cm³/mol. The lowest BCUT2D eigenvalue weighted by atomic mass is 10.1. The predicted octanol–water partition coefficient (Wildman–Crippen LogP) is 4.00. The van der Waals surface area contributed by atoms with E-state index in [1.807, 2.05) is 64.1 Å². The summed E-state index contributed by atoms with van der Waals surface area (Å²) in [6.07, 6.45) is 0. The van der Waals surface area contributed by atoms with Crippen LogP contribution in [0.4, 0.5) is 11.4 Å². The fourth-order valence-corrected chi connectivity index (χ4v) is 3.45. The van der Waals surface area contributed by atoms with Crippen molar-refractivity contribution in [2.24, 2.45) is 0 Å². The second kappa shape index (κ2) is 8.42. The summed E-state index contributed by atoms with van der Waals surface area (Å²) in [5, 5.41) is 6.50. The summed E-state index contributed by atoms with van der Waals surface area (Å²) in [4.78, 5) is 0. The van der Waals surface area contributed by atoms with E-state index in [1.54, 1.807) is 20.8 Å². The third-order valence-electron chi connectivity index (χ3n) is 4.43. The van der Waals surface area contributed by atoms with Gasteiger partial charge in [0.1, 0.15) is 16.9 Å². The smallest absolute Gasteiger partial charge is 0.394 e. The first-order chi connectivity index (χ1) is 13.3. The first kappa shape index (κ1) is 22.7. The van der Waals surface area contributed by atoms with Gasteiger partial charge in [-0.05, 0) is 70.7 Å². The molecule has 0 spiro atoms. The minimum Gasteiger partial charge on any atom is -0.713 e. The van der Waals surface area contributed by atoms with Gasteiger partial charge in [0, 0.05) is 0 Å². The first-order valence-corrected chi connectivity index (χ1v) is 10.6. The van der Waals surface area contributed by atoms with Crippen LogP contribution in [0.15, 0.2) is 36.4 Å². The summed E-state index contributed by atoms with van der Waals surface area (Å²) < 4.78 is 40.4. The standard InChI is InChI=1S/C21H29N3O4S/c1-14-10-8-11-15(2)18(14)22-20(23-19-16(3)12-9-13-17(19)4)24(21(5,6)7)28-29(25,26)27/h8-13H,1-7H3,(H2,22,23,25,26,27). The average Bonchev–Trinajstić information content (AvgIpc) is 2.56. The van der Waals surface area contributed by atoms with E-state index in [4.69, 9.17) is 4.28 Å². The lowest BCUT2D eigenvalue weighted by Gasteiger charge is -2.25. The lowest BCUT2D eigenvalue weighted by Crippen LogP contribution is -2.45. The van der Waals surface area contributed by atoms with Gasteiger partial charge in [0.15, 0.2) is 0 Å². The Morgan fingerprint density at radius 3 is 1.48 bits per heavy atom. The molecule has 7 nitrogen and oxygen atoms in total. The molecule has 2 aromatic rings. The van der Waals surface area contributed by atoms with Gasteiger partial charge in [0.2, 0.25) is 0 Å². The summed E-state index contributed by atoms with van der Waals surface area (Å²) in [6, 6.07) is 11.7. The maximum Gasteiger partial charge on any atom is 0.394 e. The van der Waals surface area contributed by atoms with Gasteiger partial charge in [-0.2, -0.15) is 8.42 Å². The van der Waals surface area contributed by atoms with Crippen LogP contribution in [0, 0.1) is 27.7 Å². The van der Waals surface area contributed by atoms with Crippen LogP contribution in [0.3, 0.4) is 0 Å². The third-order valence-corrected chi connectivity index (χ3v) is 4.76. The number of aryl methyl sites for hydroxylation is 4. The van der Waals surface area contributed by atoms with Crippen molar-refractivity contribution in [1.29, 1.82) is 0 Å².